The van der Waals surface area contributed by atoms with Crippen LogP contribution in [0.15, 0.2) is 46.9 Å². The van der Waals surface area contributed by atoms with Crippen LogP contribution < -0.4 is 5.32 Å². The van der Waals surface area contributed by atoms with Gasteiger partial charge in [0.25, 0.3) is 0 Å². The second-order valence-electron chi connectivity index (χ2n) is 4.49. The third-order valence-electron chi connectivity index (χ3n) is 3.09. The maximum absolute atomic E-state index is 3.51. The van der Waals surface area contributed by atoms with Crippen molar-refractivity contribution in [2.75, 3.05) is 5.32 Å². The molecule has 0 heterocycles. The molecule has 0 atom stereocenters. The quantitative estimate of drug-likeness (QED) is 0.844. The van der Waals surface area contributed by atoms with E-state index in [4.69, 9.17) is 0 Å². The normalized spacial score (nSPS) is 10.4. The molecule has 94 valence electrons. The van der Waals surface area contributed by atoms with E-state index in [1.807, 2.05) is 0 Å². The monoisotopic (exact) mass is 303 g/mol. The van der Waals surface area contributed by atoms with Crippen molar-refractivity contribution < 1.29 is 0 Å². The summed E-state index contributed by atoms with van der Waals surface area (Å²) in [7, 11) is 0. The lowest BCUT2D eigenvalue weighted by Crippen LogP contribution is -1.99. The van der Waals surface area contributed by atoms with Gasteiger partial charge in [0.05, 0.1) is 0 Å². The molecule has 2 heteroatoms. The average molecular weight is 304 g/mol. The molecule has 0 aromatic heterocycles. The van der Waals surface area contributed by atoms with Crippen molar-refractivity contribution in [1.82, 2.24) is 0 Å². The Bertz CT molecular complexity index is 517. The molecule has 0 fully saturated rings. The maximum Gasteiger partial charge on any atom is 0.0400 e. The van der Waals surface area contributed by atoms with Gasteiger partial charge in [-0.25, -0.2) is 0 Å². The Morgan fingerprint density at radius 3 is 2.28 bits per heavy atom. The van der Waals surface area contributed by atoms with Gasteiger partial charge in [-0.1, -0.05) is 47.1 Å². The molecule has 0 bridgehead atoms. The van der Waals surface area contributed by atoms with Gasteiger partial charge in [0.15, 0.2) is 0 Å². The third-order valence-corrected chi connectivity index (χ3v) is 3.98. The van der Waals surface area contributed by atoms with Crippen molar-refractivity contribution in [2.24, 2.45) is 0 Å². The lowest BCUT2D eigenvalue weighted by molar-refractivity contribution is 1.10. The first-order chi connectivity index (χ1) is 8.69. The van der Waals surface area contributed by atoms with Crippen LogP contribution in [-0.2, 0) is 13.0 Å². The summed E-state index contributed by atoms with van der Waals surface area (Å²) in [6.45, 7) is 5.15. The van der Waals surface area contributed by atoms with Crippen molar-refractivity contribution in [3.05, 3.63) is 63.6 Å². The predicted molar refractivity (Wildman–Crippen MR) is 82.0 cm³/mol. The molecule has 0 spiro atoms. The first-order valence-corrected chi connectivity index (χ1v) is 7.06. The van der Waals surface area contributed by atoms with E-state index in [0.29, 0.717) is 0 Å². The van der Waals surface area contributed by atoms with Crippen LogP contribution in [0.5, 0.6) is 0 Å². The molecule has 0 unspecified atom stereocenters. The van der Waals surface area contributed by atoms with Gasteiger partial charge in [0, 0.05) is 16.7 Å². The minimum atomic E-state index is 0.866. The maximum atomic E-state index is 3.51. The molecule has 0 amide bonds. The summed E-state index contributed by atoms with van der Waals surface area (Å²) in [4.78, 5) is 0. The van der Waals surface area contributed by atoms with Crippen LogP contribution in [0.2, 0.25) is 0 Å². The molecule has 1 N–H and O–H groups in total. The molecule has 0 aliphatic rings. The fourth-order valence-corrected chi connectivity index (χ4v) is 2.10. The summed E-state index contributed by atoms with van der Waals surface area (Å²) in [5, 5.41) is 3.45. The molecule has 0 aliphatic carbocycles. The molecule has 0 saturated carbocycles. The number of hydrogen-bond acceptors (Lipinski definition) is 1. The summed E-state index contributed by atoms with van der Waals surface area (Å²) in [6, 6.07) is 15.1. The zero-order valence-corrected chi connectivity index (χ0v) is 12.4. The van der Waals surface area contributed by atoms with Crippen LogP contribution in [0.3, 0.4) is 0 Å². The fraction of sp³-hybridized carbons (Fsp3) is 0.250. The molecular weight excluding hydrogens is 286 g/mol. The predicted octanol–water partition coefficient (Wildman–Crippen LogP) is 4.93. The lowest BCUT2D eigenvalue weighted by Gasteiger charge is -2.08. The molecule has 0 aliphatic heterocycles. The second-order valence-corrected chi connectivity index (χ2v) is 5.34. The highest BCUT2D eigenvalue weighted by Crippen LogP contribution is 2.20. The number of nitrogens with one attached hydrogen (secondary N) is 1. The smallest absolute Gasteiger partial charge is 0.0400 e. The Kier molecular flexibility index (Phi) is 4.43. The molecule has 2 rings (SSSR count). The summed E-state index contributed by atoms with van der Waals surface area (Å²) in [5.41, 5.74) is 5.11. The Hall–Kier alpha value is -1.28. The van der Waals surface area contributed by atoms with Crippen molar-refractivity contribution in [3.8, 4) is 0 Å². The van der Waals surface area contributed by atoms with E-state index in [1.165, 1.54) is 16.7 Å². The highest BCUT2D eigenvalue weighted by Gasteiger charge is 1.98. The van der Waals surface area contributed by atoms with Gasteiger partial charge in [0.2, 0.25) is 0 Å². The van der Waals surface area contributed by atoms with Gasteiger partial charge in [-0.05, 0) is 48.2 Å². The van der Waals surface area contributed by atoms with Gasteiger partial charge in [0.1, 0.15) is 0 Å². The van der Waals surface area contributed by atoms with Gasteiger partial charge < -0.3 is 5.32 Å². The SMILES string of the molecule is CCc1ccc(CNc2ccc(Br)c(C)c2)cc1. The number of aryl methyl sites for hydroxylation is 2. The molecule has 2 aromatic carbocycles. The number of anilines is 1. The van der Waals surface area contributed by atoms with E-state index >= 15 is 0 Å². The fourth-order valence-electron chi connectivity index (χ4n) is 1.85. The van der Waals surface area contributed by atoms with Crippen LogP contribution in [0.1, 0.15) is 23.6 Å². The number of hydrogen-bond donors (Lipinski definition) is 1. The van der Waals surface area contributed by atoms with Crippen LogP contribution >= 0.6 is 15.9 Å². The van der Waals surface area contributed by atoms with Crippen molar-refractivity contribution in [1.29, 1.82) is 0 Å². The van der Waals surface area contributed by atoms with Gasteiger partial charge in [-0.15, -0.1) is 0 Å². The zero-order valence-electron chi connectivity index (χ0n) is 10.8. The molecule has 2 aromatic rings. The lowest BCUT2D eigenvalue weighted by atomic mass is 10.1. The van der Waals surface area contributed by atoms with E-state index in [1.54, 1.807) is 0 Å². The summed E-state index contributed by atoms with van der Waals surface area (Å²) < 4.78 is 1.15. The zero-order chi connectivity index (χ0) is 13.0. The van der Waals surface area contributed by atoms with Crippen LogP contribution in [0.4, 0.5) is 5.69 Å². The Morgan fingerprint density at radius 1 is 1.00 bits per heavy atom. The Labute approximate surface area is 117 Å². The minimum absolute atomic E-state index is 0.866. The number of benzene rings is 2. The van der Waals surface area contributed by atoms with E-state index < -0.39 is 0 Å². The van der Waals surface area contributed by atoms with Crippen molar-refractivity contribution >= 4 is 21.6 Å². The summed E-state index contributed by atoms with van der Waals surface area (Å²) >= 11 is 3.51. The molecule has 0 saturated heterocycles. The van der Waals surface area contributed by atoms with E-state index in [-0.39, 0.29) is 0 Å². The molecular formula is C16H18BrN. The summed E-state index contributed by atoms with van der Waals surface area (Å²) in [6.07, 6.45) is 1.10. The highest BCUT2D eigenvalue weighted by atomic mass is 79.9. The van der Waals surface area contributed by atoms with E-state index in [9.17, 15) is 0 Å². The van der Waals surface area contributed by atoms with E-state index in [0.717, 1.165) is 23.1 Å². The highest BCUT2D eigenvalue weighted by molar-refractivity contribution is 9.10. The summed E-state index contributed by atoms with van der Waals surface area (Å²) in [5.74, 6) is 0. The van der Waals surface area contributed by atoms with Crippen molar-refractivity contribution in [2.45, 2.75) is 26.8 Å². The number of halogens is 1. The minimum Gasteiger partial charge on any atom is -0.381 e. The Balaban J connectivity index is 1.99. The second kappa shape index (κ2) is 6.05. The van der Waals surface area contributed by atoms with Gasteiger partial charge >= 0.3 is 0 Å². The van der Waals surface area contributed by atoms with Crippen LogP contribution in [0.25, 0.3) is 0 Å². The van der Waals surface area contributed by atoms with Crippen LogP contribution in [-0.4, -0.2) is 0 Å². The van der Waals surface area contributed by atoms with E-state index in [2.05, 4.69) is 77.6 Å². The number of rotatable bonds is 4. The van der Waals surface area contributed by atoms with Gasteiger partial charge in [-0.2, -0.15) is 0 Å². The topological polar surface area (TPSA) is 12.0 Å². The average Bonchev–Trinajstić information content (AvgIpc) is 2.41. The molecule has 18 heavy (non-hydrogen) atoms. The first kappa shape index (κ1) is 13.2. The first-order valence-electron chi connectivity index (χ1n) is 6.27. The standard InChI is InChI=1S/C16H18BrN/c1-3-13-4-6-14(7-5-13)11-18-15-8-9-16(17)12(2)10-15/h4-10,18H,3,11H2,1-2H3. The molecule has 1 nitrogen and oxygen atoms in total. The third kappa shape index (κ3) is 3.36. The molecule has 0 radical (unpaired) electrons. The largest absolute Gasteiger partial charge is 0.381 e. The Morgan fingerprint density at radius 2 is 1.67 bits per heavy atom. The van der Waals surface area contributed by atoms with Gasteiger partial charge in [-0.3, -0.25) is 0 Å². The van der Waals surface area contributed by atoms with Crippen molar-refractivity contribution in [3.63, 3.8) is 0 Å². The van der Waals surface area contributed by atoms with Crippen LogP contribution in [0, 0.1) is 6.92 Å².